The second-order valence-electron chi connectivity index (χ2n) is 6.85. The number of para-hydroxylation sites is 1. The minimum absolute atomic E-state index is 0.199. The van der Waals surface area contributed by atoms with Gasteiger partial charge in [-0.3, -0.25) is 0 Å². The maximum absolute atomic E-state index is 13.2. The summed E-state index contributed by atoms with van der Waals surface area (Å²) in [7, 11) is -1.96. The Morgan fingerprint density at radius 1 is 1.11 bits per heavy atom. The topological polar surface area (TPSA) is 65.1 Å². The second-order valence-corrected chi connectivity index (χ2v) is 8.76. The van der Waals surface area contributed by atoms with E-state index >= 15 is 0 Å². The molecule has 1 saturated heterocycles. The number of ether oxygens (including phenoxy) is 3. The lowest BCUT2D eigenvalue weighted by Crippen LogP contribution is -2.30. The van der Waals surface area contributed by atoms with E-state index in [1.165, 1.54) is 5.56 Å². The zero-order chi connectivity index (χ0) is 18.9. The molecule has 0 radical (unpaired) electrons. The van der Waals surface area contributed by atoms with Gasteiger partial charge in [-0.15, -0.1) is 0 Å². The molecule has 0 aliphatic carbocycles. The molecule has 0 aromatic heterocycles. The van der Waals surface area contributed by atoms with Crippen LogP contribution in [0.25, 0.3) is 0 Å². The SMILES string of the molecule is COc1ccc(CC2CCN(S(=O)(=O)c3cccc4c3OCCO4)C2)cc1. The minimum atomic E-state index is -3.61. The average Bonchev–Trinajstić information content (AvgIpc) is 3.17. The van der Waals surface area contributed by atoms with Crippen molar-refractivity contribution in [1.29, 1.82) is 0 Å². The van der Waals surface area contributed by atoms with Crippen LogP contribution in [-0.2, 0) is 16.4 Å². The molecule has 0 bridgehead atoms. The van der Waals surface area contributed by atoms with Crippen LogP contribution in [0, 0.1) is 5.92 Å². The summed E-state index contributed by atoms with van der Waals surface area (Å²) in [5, 5.41) is 0. The van der Waals surface area contributed by atoms with Crippen LogP contribution >= 0.6 is 0 Å². The van der Waals surface area contributed by atoms with Gasteiger partial charge >= 0.3 is 0 Å². The van der Waals surface area contributed by atoms with E-state index in [9.17, 15) is 8.42 Å². The van der Waals surface area contributed by atoms with Gasteiger partial charge in [0.25, 0.3) is 0 Å². The van der Waals surface area contributed by atoms with Crippen LogP contribution in [0.2, 0.25) is 0 Å². The van der Waals surface area contributed by atoms with Crippen LogP contribution in [0.4, 0.5) is 0 Å². The van der Waals surface area contributed by atoms with E-state index in [4.69, 9.17) is 14.2 Å². The lowest BCUT2D eigenvalue weighted by molar-refractivity contribution is 0.166. The Kier molecular flexibility index (Phi) is 4.97. The molecule has 2 heterocycles. The van der Waals surface area contributed by atoms with Crippen molar-refractivity contribution in [2.24, 2.45) is 5.92 Å². The maximum atomic E-state index is 13.2. The van der Waals surface area contributed by atoms with Gasteiger partial charge in [0.05, 0.1) is 7.11 Å². The fourth-order valence-corrected chi connectivity index (χ4v) is 5.34. The van der Waals surface area contributed by atoms with E-state index < -0.39 is 10.0 Å². The minimum Gasteiger partial charge on any atom is -0.497 e. The van der Waals surface area contributed by atoms with Gasteiger partial charge in [-0.25, -0.2) is 8.42 Å². The standard InChI is InChI=1S/C20H23NO5S/c1-24-17-7-5-15(6-8-17)13-16-9-10-21(14-16)27(22,23)19-4-2-3-18-20(19)26-12-11-25-18/h2-8,16H,9-14H2,1H3. The molecular weight excluding hydrogens is 366 g/mol. The number of fused-ring (bicyclic) bond motifs is 1. The Balaban J connectivity index is 1.49. The molecule has 4 rings (SSSR count). The third-order valence-corrected chi connectivity index (χ3v) is 6.97. The molecule has 7 heteroatoms. The molecule has 1 fully saturated rings. The van der Waals surface area contributed by atoms with Gasteiger partial charge in [-0.05, 0) is 48.6 Å². The van der Waals surface area contributed by atoms with Crippen LogP contribution in [0.1, 0.15) is 12.0 Å². The maximum Gasteiger partial charge on any atom is 0.246 e. The Morgan fingerprint density at radius 2 is 1.89 bits per heavy atom. The predicted molar refractivity (Wildman–Crippen MR) is 101 cm³/mol. The molecule has 1 unspecified atom stereocenters. The molecule has 2 aromatic carbocycles. The molecule has 2 aromatic rings. The highest BCUT2D eigenvalue weighted by Crippen LogP contribution is 2.39. The molecule has 1 atom stereocenters. The van der Waals surface area contributed by atoms with Crippen LogP contribution in [0.3, 0.4) is 0 Å². The molecule has 27 heavy (non-hydrogen) atoms. The molecule has 0 saturated carbocycles. The zero-order valence-corrected chi connectivity index (χ0v) is 16.1. The van der Waals surface area contributed by atoms with Gasteiger partial charge in [0.15, 0.2) is 11.5 Å². The summed E-state index contributed by atoms with van der Waals surface area (Å²) in [4.78, 5) is 0.199. The normalized spacial score (nSPS) is 19.8. The Hall–Kier alpha value is -2.25. The molecule has 144 valence electrons. The van der Waals surface area contributed by atoms with Crippen molar-refractivity contribution < 1.29 is 22.6 Å². The Bertz CT molecular complexity index is 910. The summed E-state index contributed by atoms with van der Waals surface area (Å²) in [6.07, 6.45) is 1.69. The van der Waals surface area contributed by atoms with Crippen molar-refractivity contribution >= 4 is 10.0 Å². The fraction of sp³-hybridized carbons (Fsp3) is 0.400. The van der Waals surface area contributed by atoms with E-state index in [1.54, 1.807) is 29.6 Å². The van der Waals surface area contributed by atoms with E-state index in [0.717, 1.165) is 18.6 Å². The van der Waals surface area contributed by atoms with Crippen LogP contribution < -0.4 is 14.2 Å². The Morgan fingerprint density at radius 3 is 2.67 bits per heavy atom. The summed E-state index contributed by atoms with van der Waals surface area (Å²) in [5.74, 6) is 1.95. The first-order valence-corrected chi connectivity index (χ1v) is 10.5. The third-order valence-electron chi connectivity index (χ3n) is 5.08. The average molecular weight is 389 g/mol. The van der Waals surface area contributed by atoms with Crippen molar-refractivity contribution in [2.45, 2.75) is 17.7 Å². The van der Waals surface area contributed by atoms with Crippen LogP contribution in [-0.4, -0.2) is 46.1 Å². The summed E-state index contributed by atoms with van der Waals surface area (Å²) in [6, 6.07) is 13.0. The lowest BCUT2D eigenvalue weighted by Gasteiger charge is -2.23. The smallest absolute Gasteiger partial charge is 0.246 e. The fourth-order valence-electron chi connectivity index (χ4n) is 3.67. The molecule has 2 aliphatic rings. The van der Waals surface area contributed by atoms with Gasteiger partial charge in [0.1, 0.15) is 23.9 Å². The van der Waals surface area contributed by atoms with E-state index in [1.807, 2.05) is 24.3 Å². The number of hydrogen-bond donors (Lipinski definition) is 0. The van der Waals surface area contributed by atoms with E-state index in [-0.39, 0.29) is 4.90 Å². The molecule has 0 amide bonds. The predicted octanol–water partition coefficient (Wildman–Crippen LogP) is 2.72. The van der Waals surface area contributed by atoms with Gasteiger partial charge in [-0.2, -0.15) is 4.31 Å². The number of sulfonamides is 1. The number of methoxy groups -OCH3 is 1. The molecular formula is C20H23NO5S. The van der Waals surface area contributed by atoms with Gasteiger partial charge < -0.3 is 14.2 Å². The van der Waals surface area contributed by atoms with Crippen molar-refractivity contribution in [3.05, 3.63) is 48.0 Å². The van der Waals surface area contributed by atoms with Gasteiger partial charge in [-0.1, -0.05) is 18.2 Å². The first-order valence-electron chi connectivity index (χ1n) is 9.09. The van der Waals surface area contributed by atoms with E-state index in [2.05, 4.69) is 0 Å². The molecule has 0 spiro atoms. The van der Waals surface area contributed by atoms with Crippen molar-refractivity contribution in [1.82, 2.24) is 4.31 Å². The van der Waals surface area contributed by atoms with Crippen molar-refractivity contribution in [2.75, 3.05) is 33.4 Å². The summed E-state index contributed by atoms with van der Waals surface area (Å²) in [6.45, 7) is 1.83. The van der Waals surface area contributed by atoms with Gasteiger partial charge in [0.2, 0.25) is 10.0 Å². The number of nitrogens with zero attached hydrogens (tertiary/aromatic N) is 1. The Labute approximate surface area is 159 Å². The number of rotatable bonds is 5. The van der Waals surface area contributed by atoms with Crippen molar-refractivity contribution in [3.8, 4) is 17.2 Å². The summed E-state index contributed by atoms with van der Waals surface area (Å²) < 4.78 is 44.2. The van der Waals surface area contributed by atoms with Crippen LogP contribution in [0.5, 0.6) is 17.2 Å². The molecule has 0 N–H and O–H groups in total. The van der Waals surface area contributed by atoms with Crippen molar-refractivity contribution in [3.63, 3.8) is 0 Å². The first-order chi connectivity index (χ1) is 13.1. The second kappa shape index (κ2) is 7.40. The van der Waals surface area contributed by atoms with Crippen LogP contribution in [0.15, 0.2) is 47.4 Å². The molecule has 2 aliphatic heterocycles. The summed E-state index contributed by atoms with van der Waals surface area (Å²) in [5.41, 5.74) is 1.19. The summed E-state index contributed by atoms with van der Waals surface area (Å²) >= 11 is 0. The highest BCUT2D eigenvalue weighted by Gasteiger charge is 2.35. The highest BCUT2D eigenvalue weighted by molar-refractivity contribution is 7.89. The zero-order valence-electron chi connectivity index (χ0n) is 15.3. The monoisotopic (exact) mass is 389 g/mol. The molecule has 6 nitrogen and oxygen atoms in total. The number of benzene rings is 2. The van der Waals surface area contributed by atoms with E-state index in [0.29, 0.717) is 43.7 Å². The highest BCUT2D eigenvalue weighted by atomic mass is 32.2. The number of hydrogen-bond acceptors (Lipinski definition) is 5. The third kappa shape index (κ3) is 3.61. The first kappa shape index (κ1) is 18.1. The lowest BCUT2D eigenvalue weighted by atomic mass is 9.99. The van der Waals surface area contributed by atoms with Gasteiger partial charge in [0, 0.05) is 13.1 Å². The largest absolute Gasteiger partial charge is 0.497 e. The quantitative estimate of drug-likeness (QED) is 0.787.